The quantitative estimate of drug-likeness (QED) is 0.632. The number of halogens is 1. The molecule has 23 heavy (non-hydrogen) atoms. The normalized spacial score (nSPS) is 10.5. The number of aromatic nitrogens is 2. The number of nitrogens with one attached hydrogen (secondary N) is 3. The number of fused-ring (bicyclic) bond motifs is 1. The van der Waals surface area contributed by atoms with Crippen molar-refractivity contribution in [2.45, 2.75) is 6.92 Å². The first-order chi connectivity index (χ1) is 11.0. The second kappa shape index (κ2) is 6.10. The number of rotatable bonds is 2. The first-order valence-corrected chi connectivity index (χ1v) is 7.22. The number of imidazole rings is 1. The lowest BCUT2D eigenvalue weighted by Gasteiger charge is -2.09. The Morgan fingerprint density at radius 2 is 1.87 bits per heavy atom. The minimum absolute atomic E-state index is 0.509. The first kappa shape index (κ1) is 15.1. The SMILES string of the molecule is Cc1cc(Cl)ccc1NC(=O)C(=O)Nc1ccc2nc[nH]c2c1. The van der Waals surface area contributed by atoms with E-state index in [4.69, 9.17) is 11.6 Å². The van der Waals surface area contributed by atoms with Gasteiger partial charge in [-0.1, -0.05) is 11.6 Å². The third-order valence-electron chi connectivity index (χ3n) is 3.32. The molecule has 0 spiro atoms. The van der Waals surface area contributed by atoms with Gasteiger partial charge in [-0.15, -0.1) is 0 Å². The Kier molecular flexibility index (Phi) is 3.99. The summed E-state index contributed by atoms with van der Waals surface area (Å²) in [5, 5.41) is 5.68. The Labute approximate surface area is 136 Å². The highest BCUT2D eigenvalue weighted by Crippen LogP contribution is 2.20. The van der Waals surface area contributed by atoms with Crippen LogP contribution in [-0.2, 0) is 9.59 Å². The van der Waals surface area contributed by atoms with Crippen LogP contribution in [0.4, 0.5) is 11.4 Å². The third-order valence-corrected chi connectivity index (χ3v) is 3.56. The van der Waals surface area contributed by atoms with Gasteiger partial charge in [-0.05, 0) is 48.9 Å². The van der Waals surface area contributed by atoms with Crippen LogP contribution < -0.4 is 10.6 Å². The maximum Gasteiger partial charge on any atom is 0.314 e. The van der Waals surface area contributed by atoms with Gasteiger partial charge in [0.25, 0.3) is 0 Å². The summed E-state index contributed by atoms with van der Waals surface area (Å²) in [5.74, 6) is -1.50. The van der Waals surface area contributed by atoms with Crippen LogP contribution in [0.2, 0.25) is 5.02 Å². The van der Waals surface area contributed by atoms with Crippen molar-refractivity contribution in [3.63, 3.8) is 0 Å². The van der Waals surface area contributed by atoms with Crippen molar-refractivity contribution in [1.82, 2.24) is 9.97 Å². The molecule has 1 aromatic heterocycles. The van der Waals surface area contributed by atoms with Crippen LogP contribution in [0.5, 0.6) is 0 Å². The molecule has 2 aromatic carbocycles. The van der Waals surface area contributed by atoms with Crippen LogP contribution in [0, 0.1) is 6.92 Å². The number of anilines is 2. The largest absolute Gasteiger partial charge is 0.345 e. The summed E-state index contributed by atoms with van der Waals surface area (Å²) in [7, 11) is 0. The van der Waals surface area contributed by atoms with Crippen LogP contribution in [0.15, 0.2) is 42.7 Å². The summed E-state index contributed by atoms with van der Waals surface area (Å²) >= 11 is 5.86. The van der Waals surface area contributed by atoms with Gasteiger partial charge in [0.1, 0.15) is 0 Å². The van der Waals surface area contributed by atoms with E-state index < -0.39 is 11.8 Å². The van der Waals surface area contributed by atoms with E-state index in [0.717, 1.165) is 16.6 Å². The van der Waals surface area contributed by atoms with Crippen LogP contribution in [0.3, 0.4) is 0 Å². The van der Waals surface area contributed by atoms with Gasteiger partial charge in [-0.25, -0.2) is 4.98 Å². The van der Waals surface area contributed by atoms with Crippen molar-refractivity contribution in [2.24, 2.45) is 0 Å². The molecule has 0 saturated heterocycles. The maximum atomic E-state index is 12.0. The molecule has 0 atom stereocenters. The Morgan fingerprint density at radius 1 is 1.09 bits per heavy atom. The van der Waals surface area contributed by atoms with E-state index in [2.05, 4.69) is 20.6 Å². The topological polar surface area (TPSA) is 86.9 Å². The fourth-order valence-electron chi connectivity index (χ4n) is 2.15. The molecule has 2 amide bonds. The summed E-state index contributed by atoms with van der Waals surface area (Å²) < 4.78 is 0. The molecule has 0 aliphatic heterocycles. The molecule has 7 heteroatoms. The van der Waals surface area contributed by atoms with E-state index in [-0.39, 0.29) is 0 Å². The summed E-state index contributed by atoms with van der Waals surface area (Å²) in [6.45, 7) is 1.80. The van der Waals surface area contributed by atoms with Crippen molar-refractivity contribution >= 4 is 45.8 Å². The van der Waals surface area contributed by atoms with Crippen molar-refractivity contribution in [3.8, 4) is 0 Å². The lowest BCUT2D eigenvalue weighted by molar-refractivity contribution is -0.133. The Bertz CT molecular complexity index is 904. The molecule has 0 aliphatic rings. The number of benzene rings is 2. The molecular formula is C16H13ClN4O2. The average molecular weight is 329 g/mol. The van der Waals surface area contributed by atoms with Crippen molar-refractivity contribution in [2.75, 3.05) is 10.6 Å². The standard InChI is InChI=1S/C16H13ClN4O2/c1-9-6-10(17)2-4-12(9)21-16(23)15(22)20-11-3-5-13-14(7-11)19-8-18-13/h2-8H,1H3,(H,18,19)(H,20,22)(H,21,23). The van der Waals surface area contributed by atoms with E-state index >= 15 is 0 Å². The summed E-state index contributed by atoms with van der Waals surface area (Å²) in [5.41, 5.74) is 3.38. The zero-order chi connectivity index (χ0) is 16.4. The Hall–Kier alpha value is -2.86. The van der Waals surface area contributed by atoms with Gasteiger partial charge in [0.2, 0.25) is 0 Å². The van der Waals surface area contributed by atoms with E-state index in [1.165, 1.54) is 0 Å². The number of hydrogen-bond acceptors (Lipinski definition) is 3. The first-order valence-electron chi connectivity index (χ1n) is 6.84. The lowest BCUT2D eigenvalue weighted by Crippen LogP contribution is -2.29. The summed E-state index contributed by atoms with van der Waals surface area (Å²) in [6, 6.07) is 10.2. The maximum absolute atomic E-state index is 12.0. The van der Waals surface area contributed by atoms with Gasteiger partial charge in [-0.3, -0.25) is 9.59 Å². The number of aryl methyl sites for hydroxylation is 1. The van der Waals surface area contributed by atoms with Gasteiger partial charge >= 0.3 is 11.8 Å². The van der Waals surface area contributed by atoms with E-state index in [1.807, 2.05) is 0 Å². The van der Waals surface area contributed by atoms with E-state index in [9.17, 15) is 9.59 Å². The van der Waals surface area contributed by atoms with Crippen molar-refractivity contribution in [3.05, 3.63) is 53.3 Å². The predicted octanol–water partition coefficient (Wildman–Crippen LogP) is 3.10. The zero-order valence-corrected chi connectivity index (χ0v) is 12.9. The van der Waals surface area contributed by atoms with Gasteiger partial charge in [0, 0.05) is 16.4 Å². The van der Waals surface area contributed by atoms with Crippen LogP contribution >= 0.6 is 11.6 Å². The minimum atomic E-state index is -0.752. The highest BCUT2D eigenvalue weighted by molar-refractivity contribution is 6.43. The molecule has 0 radical (unpaired) electrons. The molecular weight excluding hydrogens is 316 g/mol. The molecule has 3 N–H and O–H groups in total. The molecule has 1 heterocycles. The number of carbonyl (C=O) groups is 2. The van der Waals surface area contributed by atoms with Crippen molar-refractivity contribution in [1.29, 1.82) is 0 Å². The second-order valence-corrected chi connectivity index (χ2v) is 5.44. The number of H-pyrrole nitrogens is 1. The summed E-state index contributed by atoms with van der Waals surface area (Å²) in [6.07, 6.45) is 1.56. The predicted molar refractivity (Wildman–Crippen MR) is 89.5 cm³/mol. The highest BCUT2D eigenvalue weighted by atomic mass is 35.5. The van der Waals surface area contributed by atoms with E-state index in [0.29, 0.717) is 16.4 Å². The van der Waals surface area contributed by atoms with Gasteiger partial charge in [-0.2, -0.15) is 0 Å². The number of nitrogens with zero attached hydrogens (tertiary/aromatic N) is 1. The lowest BCUT2D eigenvalue weighted by atomic mass is 10.2. The van der Waals surface area contributed by atoms with E-state index in [1.54, 1.807) is 49.6 Å². The molecule has 3 aromatic rings. The van der Waals surface area contributed by atoms with Gasteiger partial charge in [0.15, 0.2) is 0 Å². The van der Waals surface area contributed by atoms with Gasteiger partial charge in [0.05, 0.1) is 17.4 Å². The smallest absolute Gasteiger partial charge is 0.314 e. The molecule has 6 nitrogen and oxygen atoms in total. The van der Waals surface area contributed by atoms with Crippen LogP contribution in [-0.4, -0.2) is 21.8 Å². The molecule has 0 bridgehead atoms. The monoisotopic (exact) mass is 328 g/mol. The summed E-state index contributed by atoms with van der Waals surface area (Å²) in [4.78, 5) is 31.0. The Morgan fingerprint density at radius 3 is 2.65 bits per heavy atom. The minimum Gasteiger partial charge on any atom is -0.345 e. The van der Waals surface area contributed by atoms with Crippen molar-refractivity contribution < 1.29 is 9.59 Å². The van der Waals surface area contributed by atoms with Gasteiger partial charge < -0.3 is 15.6 Å². The highest BCUT2D eigenvalue weighted by Gasteiger charge is 2.15. The number of amides is 2. The average Bonchev–Trinajstić information content (AvgIpc) is 2.97. The van der Waals surface area contributed by atoms with Crippen LogP contribution in [0.25, 0.3) is 11.0 Å². The fourth-order valence-corrected chi connectivity index (χ4v) is 2.37. The molecule has 0 unspecified atom stereocenters. The molecule has 3 rings (SSSR count). The number of carbonyl (C=O) groups excluding carboxylic acids is 2. The van der Waals surface area contributed by atoms with Crippen LogP contribution in [0.1, 0.15) is 5.56 Å². The molecule has 0 saturated carbocycles. The second-order valence-electron chi connectivity index (χ2n) is 5.00. The molecule has 116 valence electrons. The number of hydrogen-bond donors (Lipinski definition) is 3. The number of aromatic amines is 1. The fraction of sp³-hybridized carbons (Fsp3) is 0.0625. The molecule has 0 aliphatic carbocycles. The molecule has 0 fully saturated rings. The zero-order valence-electron chi connectivity index (χ0n) is 12.2. The third kappa shape index (κ3) is 3.32. The Balaban J connectivity index is 1.70.